The Bertz CT molecular complexity index is 1060. The van der Waals surface area contributed by atoms with Crippen LogP contribution in [-0.2, 0) is 17.4 Å². The zero-order chi connectivity index (χ0) is 22.6. The molecule has 2 aromatic carbocycles. The molecule has 1 fully saturated rings. The van der Waals surface area contributed by atoms with E-state index in [9.17, 15) is 18.0 Å². The molecule has 1 saturated heterocycles. The van der Waals surface area contributed by atoms with Crippen molar-refractivity contribution in [2.45, 2.75) is 25.4 Å². The van der Waals surface area contributed by atoms with Crippen molar-refractivity contribution in [2.24, 2.45) is 0 Å². The maximum Gasteiger partial charge on any atom is 0.416 e. The van der Waals surface area contributed by atoms with Gasteiger partial charge in [0.05, 0.1) is 23.9 Å². The zero-order valence-corrected chi connectivity index (χ0v) is 17.2. The molecule has 0 bridgehead atoms. The van der Waals surface area contributed by atoms with Gasteiger partial charge in [0.25, 0.3) is 0 Å². The summed E-state index contributed by atoms with van der Waals surface area (Å²) >= 11 is 0. The summed E-state index contributed by atoms with van der Waals surface area (Å²) < 4.78 is 37.9. The Labute approximate surface area is 183 Å². The van der Waals surface area contributed by atoms with Crippen LogP contribution in [0.2, 0.25) is 0 Å². The molecule has 9 heteroatoms. The van der Waals surface area contributed by atoms with Crippen molar-refractivity contribution in [3.05, 3.63) is 71.9 Å². The molecule has 6 nitrogen and oxygen atoms in total. The van der Waals surface area contributed by atoms with Gasteiger partial charge in [0.1, 0.15) is 0 Å². The first kappa shape index (κ1) is 21.6. The van der Waals surface area contributed by atoms with Crippen LogP contribution >= 0.6 is 0 Å². The minimum atomic E-state index is -4.39. The monoisotopic (exact) mass is 441 g/mol. The third kappa shape index (κ3) is 5.54. The molecule has 32 heavy (non-hydrogen) atoms. The molecule has 0 spiro atoms. The highest BCUT2D eigenvalue weighted by molar-refractivity contribution is 5.92. The van der Waals surface area contributed by atoms with Gasteiger partial charge in [0.2, 0.25) is 5.91 Å². The smallest absolute Gasteiger partial charge is 0.370 e. The predicted molar refractivity (Wildman–Crippen MR) is 117 cm³/mol. The lowest BCUT2D eigenvalue weighted by molar-refractivity contribution is -0.137. The van der Waals surface area contributed by atoms with Crippen LogP contribution in [0.5, 0.6) is 0 Å². The number of hydrogen-bond acceptors (Lipinski definition) is 5. The number of nitrogens with one attached hydrogen (secondary N) is 2. The normalized spacial score (nSPS) is 13.8. The van der Waals surface area contributed by atoms with Crippen molar-refractivity contribution in [2.75, 3.05) is 28.6 Å². The van der Waals surface area contributed by atoms with Gasteiger partial charge in [-0.2, -0.15) is 18.3 Å². The van der Waals surface area contributed by atoms with Crippen LogP contribution in [0.25, 0.3) is 0 Å². The van der Waals surface area contributed by atoms with Gasteiger partial charge >= 0.3 is 6.18 Å². The van der Waals surface area contributed by atoms with E-state index in [0.29, 0.717) is 17.1 Å². The molecule has 2 heterocycles. The molecule has 3 aromatic rings. The summed E-state index contributed by atoms with van der Waals surface area (Å²) in [4.78, 5) is 14.5. The van der Waals surface area contributed by atoms with Crippen molar-refractivity contribution in [3.63, 3.8) is 0 Å². The Kier molecular flexibility index (Phi) is 6.25. The topological polar surface area (TPSA) is 70.2 Å². The molecule has 1 aromatic heterocycles. The van der Waals surface area contributed by atoms with E-state index in [4.69, 9.17) is 0 Å². The molecule has 1 aliphatic heterocycles. The van der Waals surface area contributed by atoms with Crippen LogP contribution < -0.4 is 15.5 Å². The number of halogens is 3. The summed E-state index contributed by atoms with van der Waals surface area (Å²) in [6.45, 7) is 2.04. The second-order valence-electron chi connectivity index (χ2n) is 7.62. The minimum absolute atomic E-state index is 0.0168. The Morgan fingerprint density at radius 3 is 2.28 bits per heavy atom. The molecular weight excluding hydrogens is 419 g/mol. The number of aromatic nitrogens is 2. The third-order valence-electron chi connectivity index (χ3n) is 5.20. The number of anilines is 4. The highest BCUT2D eigenvalue weighted by Gasteiger charge is 2.29. The van der Waals surface area contributed by atoms with E-state index < -0.39 is 11.7 Å². The van der Waals surface area contributed by atoms with Crippen molar-refractivity contribution in [1.29, 1.82) is 0 Å². The van der Waals surface area contributed by atoms with Gasteiger partial charge in [-0.15, -0.1) is 5.10 Å². The molecule has 1 amide bonds. The Morgan fingerprint density at radius 1 is 0.969 bits per heavy atom. The van der Waals surface area contributed by atoms with Crippen LogP contribution in [0.3, 0.4) is 0 Å². The minimum Gasteiger partial charge on any atom is -0.370 e. The van der Waals surface area contributed by atoms with Crippen LogP contribution in [0, 0.1) is 0 Å². The highest BCUT2D eigenvalue weighted by Crippen LogP contribution is 2.29. The summed E-state index contributed by atoms with van der Waals surface area (Å²) in [5.74, 6) is 0.322. The van der Waals surface area contributed by atoms with Crippen LogP contribution in [-0.4, -0.2) is 29.2 Å². The standard InChI is InChI=1S/C23H22F3N5O/c24-23(25,26)17-5-3-16(4-6-17)13-22(32)29-19-9-7-18(8-10-19)28-21-14-20(15-27-30-21)31-11-1-2-12-31/h3-10,14-15H,1-2,11-13H2,(H,28,30)(H,29,32). The number of benzene rings is 2. The van der Waals surface area contributed by atoms with Crippen molar-refractivity contribution >= 4 is 28.8 Å². The lowest BCUT2D eigenvalue weighted by Crippen LogP contribution is -2.18. The average molecular weight is 441 g/mol. The van der Waals surface area contributed by atoms with E-state index in [2.05, 4.69) is 25.7 Å². The number of carbonyl (C=O) groups excluding carboxylic acids is 1. The summed E-state index contributed by atoms with van der Waals surface area (Å²) in [7, 11) is 0. The zero-order valence-electron chi connectivity index (χ0n) is 17.2. The Balaban J connectivity index is 1.32. The predicted octanol–water partition coefficient (Wildman–Crippen LogP) is 5.02. The molecule has 2 N–H and O–H groups in total. The number of nitrogens with zero attached hydrogens (tertiary/aromatic N) is 3. The second-order valence-corrected chi connectivity index (χ2v) is 7.62. The molecule has 4 rings (SSSR count). The number of amides is 1. The van der Waals surface area contributed by atoms with Crippen molar-refractivity contribution < 1.29 is 18.0 Å². The van der Waals surface area contributed by atoms with Gasteiger partial charge in [0, 0.05) is 30.5 Å². The number of rotatable bonds is 6. The van der Waals surface area contributed by atoms with E-state index in [-0.39, 0.29) is 12.3 Å². The molecule has 1 aliphatic rings. The van der Waals surface area contributed by atoms with E-state index >= 15 is 0 Å². The Morgan fingerprint density at radius 2 is 1.62 bits per heavy atom. The molecule has 0 radical (unpaired) electrons. The van der Waals surface area contributed by atoms with Gasteiger partial charge in [-0.3, -0.25) is 4.79 Å². The maximum absolute atomic E-state index is 12.6. The van der Waals surface area contributed by atoms with Crippen LogP contribution in [0.15, 0.2) is 60.8 Å². The van der Waals surface area contributed by atoms with Gasteiger partial charge in [0.15, 0.2) is 5.82 Å². The van der Waals surface area contributed by atoms with Gasteiger partial charge in [-0.25, -0.2) is 0 Å². The summed E-state index contributed by atoms with van der Waals surface area (Å²) in [6.07, 6.45) is -0.297. The third-order valence-corrected chi connectivity index (χ3v) is 5.20. The quantitative estimate of drug-likeness (QED) is 0.562. The van der Waals surface area contributed by atoms with Gasteiger partial charge < -0.3 is 15.5 Å². The molecule has 166 valence electrons. The van der Waals surface area contributed by atoms with Crippen molar-refractivity contribution in [1.82, 2.24) is 10.2 Å². The molecule has 0 saturated carbocycles. The summed E-state index contributed by atoms with van der Waals surface area (Å²) in [5.41, 5.74) is 2.18. The molecule has 0 aliphatic carbocycles. The van der Waals surface area contributed by atoms with E-state index in [1.165, 1.54) is 25.0 Å². The van der Waals surface area contributed by atoms with E-state index in [0.717, 1.165) is 36.6 Å². The Hall–Kier alpha value is -3.62. The van der Waals surface area contributed by atoms with E-state index in [1.807, 2.05) is 6.07 Å². The number of hydrogen-bond donors (Lipinski definition) is 2. The molecule has 0 atom stereocenters. The van der Waals surface area contributed by atoms with Gasteiger partial charge in [-0.05, 0) is 54.8 Å². The largest absolute Gasteiger partial charge is 0.416 e. The molecular formula is C23H22F3N5O. The first-order valence-electron chi connectivity index (χ1n) is 10.3. The van der Waals surface area contributed by atoms with Crippen molar-refractivity contribution in [3.8, 4) is 0 Å². The fourth-order valence-electron chi connectivity index (χ4n) is 3.55. The van der Waals surface area contributed by atoms with Crippen LogP contribution in [0.4, 0.5) is 36.1 Å². The SMILES string of the molecule is O=C(Cc1ccc(C(F)(F)F)cc1)Nc1ccc(Nc2cc(N3CCCC3)cnn2)cc1. The first-order chi connectivity index (χ1) is 15.4. The number of carbonyl (C=O) groups is 1. The number of alkyl halides is 3. The second kappa shape index (κ2) is 9.25. The highest BCUT2D eigenvalue weighted by atomic mass is 19.4. The summed E-state index contributed by atoms with van der Waals surface area (Å²) in [5, 5.41) is 14.1. The molecule has 0 unspecified atom stereocenters. The van der Waals surface area contributed by atoms with Gasteiger partial charge in [-0.1, -0.05) is 12.1 Å². The summed E-state index contributed by atoms with van der Waals surface area (Å²) in [6, 6.07) is 13.6. The average Bonchev–Trinajstić information content (AvgIpc) is 3.30. The first-order valence-corrected chi connectivity index (χ1v) is 10.3. The van der Waals surface area contributed by atoms with Crippen LogP contribution in [0.1, 0.15) is 24.0 Å². The fourth-order valence-corrected chi connectivity index (χ4v) is 3.55. The maximum atomic E-state index is 12.6. The van der Waals surface area contributed by atoms with E-state index in [1.54, 1.807) is 30.5 Å². The lowest BCUT2D eigenvalue weighted by atomic mass is 10.1. The fraction of sp³-hybridized carbons (Fsp3) is 0.261. The lowest BCUT2D eigenvalue weighted by Gasteiger charge is -2.17.